The van der Waals surface area contributed by atoms with Gasteiger partial charge < -0.3 is 4.74 Å². The number of hydrogen-bond donors (Lipinski definition) is 0. The zero-order valence-corrected chi connectivity index (χ0v) is 14.4. The van der Waals surface area contributed by atoms with Crippen molar-refractivity contribution in [3.8, 4) is 5.75 Å². The third-order valence-electron chi connectivity index (χ3n) is 4.73. The Morgan fingerprint density at radius 2 is 1.91 bits per heavy atom. The monoisotopic (exact) mass is 334 g/mol. The van der Waals surface area contributed by atoms with Gasteiger partial charge in [0.05, 0.1) is 17.2 Å². The molecule has 1 nitrogen and oxygen atoms in total. The number of fused-ring (bicyclic) bond motifs is 1. The SMILES string of the molecule is CC[C@@H]1Cc2cc(OC)ccc2[C@H](c2ccc(Cl)c(Cl)c2)C1. The first-order chi connectivity index (χ1) is 10.6. The van der Waals surface area contributed by atoms with Crippen molar-refractivity contribution in [3.05, 3.63) is 63.1 Å². The van der Waals surface area contributed by atoms with E-state index in [1.165, 1.54) is 23.1 Å². The van der Waals surface area contributed by atoms with Gasteiger partial charge in [0.1, 0.15) is 5.75 Å². The molecule has 3 heteroatoms. The molecule has 0 unspecified atom stereocenters. The van der Waals surface area contributed by atoms with Crippen molar-refractivity contribution in [1.29, 1.82) is 0 Å². The van der Waals surface area contributed by atoms with Crippen molar-refractivity contribution in [3.63, 3.8) is 0 Å². The van der Waals surface area contributed by atoms with Gasteiger partial charge in [-0.3, -0.25) is 0 Å². The van der Waals surface area contributed by atoms with E-state index in [9.17, 15) is 0 Å². The predicted octanol–water partition coefficient (Wildman–Crippen LogP) is 6.11. The van der Waals surface area contributed by atoms with E-state index in [0.717, 1.165) is 18.6 Å². The Bertz CT molecular complexity index is 681. The number of methoxy groups -OCH3 is 1. The number of benzene rings is 2. The Balaban J connectivity index is 2.05. The molecule has 0 heterocycles. The van der Waals surface area contributed by atoms with Gasteiger partial charge in [0, 0.05) is 5.92 Å². The topological polar surface area (TPSA) is 9.23 Å². The second-order valence-corrected chi connectivity index (χ2v) is 6.82. The van der Waals surface area contributed by atoms with E-state index in [4.69, 9.17) is 27.9 Å². The van der Waals surface area contributed by atoms with Crippen molar-refractivity contribution >= 4 is 23.2 Å². The number of ether oxygens (including phenoxy) is 1. The maximum absolute atomic E-state index is 6.23. The highest BCUT2D eigenvalue weighted by Gasteiger charge is 2.27. The minimum atomic E-state index is 0.384. The van der Waals surface area contributed by atoms with E-state index in [1.54, 1.807) is 7.11 Å². The lowest BCUT2D eigenvalue weighted by atomic mass is 9.73. The molecule has 0 saturated heterocycles. The van der Waals surface area contributed by atoms with E-state index >= 15 is 0 Å². The van der Waals surface area contributed by atoms with Gasteiger partial charge in [-0.15, -0.1) is 0 Å². The van der Waals surface area contributed by atoms with Crippen LogP contribution in [0.5, 0.6) is 5.75 Å². The maximum Gasteiger partial charge on any atom is 0.119 e. The van der Waals surface area contributed by atoms with Gasteiger partial charge in [-0.05, 0) is 59.7 Å². The zero-order chi connectivity index (χ0) is 15.7. The van der Waals surface area contributed by atoms with Gasteiger partial charge in [-0.2, -0.15) is 0 Å². The standard InChI is InChI=1S/C19H20Cl2O/c1-3-12-8-14-10-15(22-2)5-6-16(14)17(9-12)13-4-7-18(20)19(21)11-13/h4-7,10-12,17H,3,8-9H2,1-2H3/t12-,17+/m1/s1. The molecule has 0 amide bonds. The molecule has 3 rings (SSSR count). The third kappa shape index (κ3) is 2.98. The lowest BCUT2D eigenvalue weighted by molar-refractivity contribution is 0.401. The summed E-state index contributed by atoms with van der Waals surface area (Å²) in [4.78, 5) is 0. The van der Waals surface area contributed by atoms with Crippen LogP contribution in [-0.4, -0.2) is 7.11 Å². The zero-order valence-electron chi connectivity index (χ0n) is 12.9. The van der Waals surface area contributed by atoms with Gasteiger partial charge in [0.15, 0.2) is 0 Å². The fourth-order valence-corrected chi connectivity index (χ4v) is 3.74. The molecule has 0 radical (unpaired) electrons. The minimum Gasteiger partial charge on any atom is -0.497 e. The van der Waals surface area contributed by atoms with Gasteiger partial charge in [-0.25, -0.2) is 0 Å². The Morgan fingerprint density at radius 1 is 1.09 bits per heavy atom. The smallest absolute Gasteiger partial charge is 0.119 e. The van der Waals surface area contributed by atoms with E-state index < -0.39 is 0 Å². The molecule has 0 bridgehead atoms. The molecule has 2 aromatic rings. The highest BCUT2D eigenvalue weighted by Crippen LogP contribution is 2.42. The van der Waals surface area contributed by atoms with Gasteiger partial charge in [0.25, 0.3) is 0 Å². The molecule has 0 fully saturated rings. The van der Waals surface area contributed by atoms with Gasteiger partial charge in [-0.1, -0.05) is 48.7 Å². The average Bonchev–Trinajstić information content (AvgIpc) is 2.55. The summed E-state index contributed by atoms with van der Waals surface area (Å²) in [5, 5.41) is 1.25. The Morgan fingerprint density at radius 3 is 2.59 bits per heavy atom. The third-order valence-corrected chi connectivity index (χ3v) is 5.47. The summed E-state index contributed by atoms with van der Waals surface area (Å²) < 4.78 is 5.39. The van der Waals surface area contributed by atoms with E-state index in [2.05, 4.69) is 31.2 Å². The summed E-state index contributed by atoms with van der Waals surface area (Å²) >= 11 is 12.3. The Hall–Kier alpha value is -1.18. The van der Waals surface area contributed by atoms with E-state index in [-0.39, 0.29) is 0 Å². The summed E-state index contributed by atoms with van der Waals surface area (Å²) in [6, 6.07) is 12.5. The minimum absolute atomic E-state index is 0.384. The number of rotatable bonds is 3. The summed E-state index contributed by atoms with van der Waals surface area (Å²) in [5.74, 6) is 2.01. The van der Waals surface area contributed by atoms with Crippen molar-refractivity contribution < 1.29 is 4.74 Å². The fourth-order valence-electron chi connectivity index (χ4n) is 3.44. The van der Waals surface area contributed by atoms with E-state index in [0.29, 0.717) is 21.9 Å². The molecule has 0 saturated carbocycles. The summed E-state index contributed by atoms with van der Waals surface area (Å²) in [7, 11) is 1.72. The van der Waals surface area contributed by atoms with Crippen LogP contribution in [0.1, 0.15) is 42.4 Å². The summed E-state index contributed by atoms with van der Waals surface area (Å²) in [6.07, 6.45) is 3.48. The normalized spacial score (nSPS) is 20.5. The maximum atomic E-state index is 6.23. The first-order valence-electron chi connectivity index (χ1n) is 7.74. The van der Waals surface area contributed by atoms with Crippen molar-refractivity contribution in [2.75, 3.05) is 7.11 Å². The van der Waals surface area contributed by atoms with Crippen LogP contribution in [-0.2, 0) is 6.42 Å². The number of halogens is 2. The summed E-state index contributed by atoms with van der Waals surface area (Å²) in [5.41, 5.74) is 4.04. The van der Waals surface area contributed by atoms with E-state index in [1.807, 2.05) is 12.1 Å². The van der Waals surface area contributed by atoms with Crippen LogP contribution < -0.4 is 4.74 Å². The molecule has 2 aromatic carbocycles. The first kappa shape index (κ1) is 15.7. The lowest BCUT2D eigenvalue weighted by Crippen LogP contribution is -2.19. The van der Waals surface area contributed by atoms with Crippen LogP contribution in [0.2, 0.25) is 10.0 Å². The molecule has 2 atom stereocenters. The lowest BCUT2D eigenvalue weighted by Gasteiger charge is -2.32. The Labute approximate surface area is 142 Å². The van der Waals surface area contributed by atoms with Crippen molar-refractivity contribution in [1.82, 2.24) is 0 Å². The Kier molecular flexibility index (Phi) is 4.65. The first-order valence-corrected chi connectivity index (χ1v) is 8.49. The molecule has 0 N–H and O–H groups in total. The highest BCUT2D eigenvalue weighted by atomic mass is 35.5. The molecule has 0 spiro atoms. The van der Waals surface area contributed by atoms with Crippen molar-refractivity contribution in [2.24, 2.45) is 5.92 Å². The summed E-state index contributed by atoms with van der Waals surface area (Å²) in [6.45, 7) is 2.27. The molecular weight excluding hydrogens is 315 g/mol. The predicted molar refractivity (Wildman–Crippen MR) is 93.4 cm³/mol. The molecule has 0 aromatic heterocycles. The molecule has 1 aliphatic carbocycles. The molecule has 116 valence electrons. The molecule has 1 aliphatic rings. The molecular formula is C19H20Cl2O. The second kappa shape index (κ2) is 6.52. The van der Waals surface area contributed by atoms with Crippen LogP contribution in [0.3, 0.4) is 0 Å². The quantitative estimate of drug-likeness (QED) is 0.658. The van der Waals surface area contributed by atoms with Crippen LogP contribution in [0, 0.1) is 5.92 Å². The molecule has 0 aliphatic heterocycles. The average molecular weight is 335 g/mol. The second-order valence-electron chi connectivity index (χ2n) is 6.00. The fraction of sp³-hybridized carbons (Fsp3) is 0.368. The van der Waals surface area contributed by atoms with Gasteiger partial charge >= 0.3 is 0 Å². The molecule has 22 heavy (non-hydrogen) atoms. The van der Waals surface area contributed by atoms with Crippen molar-refractivity contribution in [2.45, 2.75) is 32.1 Å². The highest BCUT2D eigenvalue weighted by molar-refractivity contribution is 6.42. The number of hydrogen-bond acceptors (Lipinski definition) is 1. The largest absolute Gasteiger partial charge is 0.497 e. The van der Waals surface area contributed by atoms with Gasteiger partial charge in [0.2, 0.25) is 0 Å². The van der Waals surface area contributed by atoms with Crippen LogP contribution in [0.25, 0.3) is 0 Å². The van der Waals surface area contributed by atoms with Crippen LogP contribution in [0.15, 0.2) is 36.4 Å². The van der Waals surface area contributed by atoms with Crippen LogP contribution in [0.4, 0.5) is 0 Å². The van der Waals surface area contributed by atoms with Crippen LogP contribution >= 0.6 is 23.2 Å².